The molecule has 0 saturated carbocycles. The number of aliphatic carboxylic acids is 2. The van der Waals surface area contributed by atoms with E-state index in [0.29, 0.717) is 24.3 Å². The highest BCUT2D eigenvalue weighted by atomic mass is 16.5. The highest BCUT2D eigenvalue weighted by Gasteiger charge is 2.20. The average Bonchev–Trinajstić information content (AvgIpc) is 2.99. The van der Waals surface area contributed by atoms with Crippen LogP contribution in [0.4, 0.5) is 0 Å². The van der Waals surface area contributed by atoms with Gasteiger partial charge in [-0.15, -0.1) is 0 Å². The molecule has 2 aromatic rings. The van der Waals surface area contributed by atoms with Crippen LogP contribution in [-0.2, 0) is 9.59 Å². The summed E-state index contributed by atoms with van der Waals surface area (Å²) in [5.74, 6) is -0.786. The van der Waals surface area contributed by atoms with Gasteiger partial charge in [-0.1, -0.05) is 128 Å². The molecular weight excluding hydrogens is 528 g/mol. The molecule has 0 spiro atoms. The number of benzene rings is 2. The SMILES string of the molecule is CCCCCCCCCCC(Oc1ccc(-c2ccc(OC(CCCCCCCCCC)C(=O)O)cc2)cc1)C(=O)O. The van der Waals surface area contributed by atoms with Crippen molar-refractivity contribution >= 4 is 11.9 Å². The van der Waals surface area contributed by atoms with Crippen molar-refractivity contribution in [2.24, 2.45) is 0 Å². The maximum atomic E-state index is 11.7. The Kier molecular flexibility index (Phi) is 18.1. The van der Waals surface area contributed by atoms with Gasteiger partial charge in [0.25, 0.3) is 0 Å². The number of rotatable bonds is 25. The van der Waals surface area contributed by atoms with E-state index in [-0.39, 0.29) is 0 Å². The van der Waals surface area contributed by atoms with Gasteiger partial charge in [-0.2, -0.15) is 0 Å². The Balaban J connectivity index is 1.79. The number of unbranched alkanes of at least 4 members (excludes halogenated alkanes) is 14. The summed E-state index contributed by atoms with van der Waals surface area (Å²) < 4.78 is 11.6. The normalized spacial score (nSPS) is 12.5. The Morgan fingerprint density at radius 3 is 1.07 bits per heavy atom. The van der Waals surface area contributed by atoms with Crippen molar-refractivity contribution in [3.8, 4) is 22.6 Å². The van der Waals surface area contributed by atoms with Gasteiger partial charge in [0, 0.05) is 0 Å². The van der Waals surface area contributed by atoms with Crippen LogP contribution < -0.4 is 9.47 Å². The third-order valence-electron chi connectivity index (χ3n) is 7.79. The molecule has 0 radical (unpaired) electrons. The first-order chi connectivity index (χ1) is 20.4. The maximum absolute atomic E-state index is 11.7. The fraction of sp³-hybridized carbons (Fsp3) is 0.611. The number of ether oxygens (including phenoxy) is 2. The molecule has 0 heterocycles. The molecule has 0 aliphatic rings. The summed E-state index contributed by atoms with van der Waals surface area (Å²) in [6.07, 6.45) is 18.0. The van der Waals surface area contributed by atoms with Crippen molar-refractivity contribution in [3.63, 3.8) is 0 Å². The lowest BCUT2D eigenvalue weighted by Crippen LogP contribution is -2.26. The fourth-order valence-electron chi connectivity index (χ4n) is 5.17. The zero-order valence-electron chi connectivity index (χ0n) is 26.0. The van der Waals surface area contributed by atoms with E-state index in [1.165, 1.54) is 64.2 Å². The second kappa shape index (κ2) is 21.6. The summed E-state index contributed by atoms with van der Waals surface area (Å²) in [5.41, 5.74) is 1.91. The van der Waals surface area contributed by atoms with Gasteiger partial charge in [0.2, 0.25) is 0 Å². The van der Waals surface area contributed by atoms with Crippen molar-refractivity contribution in [1.29, 1.82) is 0 Å². The number of carbonyl (C=O) groups is 2. The molecule has 234 valence electrons. The van der Waals surface area contributed by atoms with E-state index < -0.39 is 24.1 Å². The quantitative estimate of drug-likeness (QED) is 0.113. The maximum Gasteiger partial charge on any atom is 0.344 e. The predicted octanol–water partition coefficient (Wildman–Crippen LogP) is 10.1. The molecule has 2 N–H and O–H groups in total. The second-order valence-corrected chi connectivity index (χ2v) is 11.5. The van der Waals surface area contributed by atoms with Crippen LogP contribution in [0.1, 0.15) is 129 Å². The van der Waals surface area contributed by atoms with E-state index in [0.717, 1.165) is 49.7 Å². The zero-order chi connectivity index (χ0) is 30.4. The number of carboxylic acid groups (broad SMARTS) is 2. The van der Waals surface area contributed by atoms with Crippen molar-refractivity contribution < 1.29 is 29.3 Å². The lowest BCUT2D eigenvalue weighted by Gasteiger charge is -2.16. The summed E-state index contributed by atoms with van der Waals surface area (Å²) in [7, 11) is 0. The minimum Gasteiger partial charge on any atom is -0.479 e. The molecule has 0 saturated heterocycles. The van der Waals surface area contributed by atoms with E-state index >= 15 is 0 Å². The van der Waals surface area contributed by atoms with Gasteiger partial charge in [0.05, 0.1) is 0 Å². The molecule has 2 unspecified atom stereocenters. The first kappa shape index (κ1) is 35.2. The molecule has 2 atom stereocenters. The summed E-state index contributed by atoms with van der Waals surface area (Å²) >= 11 is 0. The summed E-state index contributed by atoms with van der Waals surface area (Å²) in [5, 5.41) is 19.2. The Morgan fingerprint density at radius 1 is 0.500 bits per heavy atom. The molecule has 0 amide bonds. The van der Waals surface area contributed by atoms with Gasteiger partial charge in [-0.05, 0) is 61.1 Å². The van der Waals surface area contributed by atoms with E-state index in [9.17, 15) is 19.8 Å². The molecule has 0 aliphatic carbocycles. The monoisotopic (exact) mass is 582 g/mol. The van der Waals surface area contributed by atoms with E-state index in [1.54, 1.807) is 24.3 Å². The summed E-state index contributed by atoms with van der Waals surface area (Å²) in [6.45, 7) is 4.43. The van der Waals surface area contributed by atoms with E-state index in [1.807, 2.05) is 24.3 Å². The Hall–Kier alpha value is -3.02. The number of hydrogen-bond donors (Lipinski definition) is 2. The van der Waals surface area contributed by atoms with Crippen LogP contribution in [0.2, 0.25) is 0 Å². The average molecular weight is 583 g/mol. The lowest BCUT2D eigenvalue weighted by molar-refractivity contribution is -0.146. The molecule has 2 rings (SSSR count). The van der Waals surface area contributed by atoms with Gasteiger partial charge >= 0.3 is 11.9 Å². The molecule has 6 nitrogen and oxygen atoms in total. The van der Waals surface area contributed by atoms with Crippen molar-refractivity contribution in [1.82, 2.24) is 0 Å². The van der Waals surface area contributed by atoms with E-state index in [2.05, 4.69) is 13.8 Å². The standard InChI is InChI=1S/C36H54O6/c1-3-5-7-9-11-13-15-17-19-33(35(37)38)41-31-25-21-29(22-26-31)30-23-27-32(28-24-30)42-34(36(39)40)20-18-16-14-12-10-8-6-4-2/h21-28,33-34H,3-20H2,1-2H3,(H,37,38)(H,39,40). The predicted molar refractivity (Wildman–Crippen MR) is 170 cm³/mol. The first-order valence-corrected chi connectivity index (χ1v) is 16.4. The highest BCUT2D eigenvalue weighted by Crippen LogP contribution is 2.26. The van der Waals surface area contributed by atoms with Crippen LogP contribution >= 0.6 is 0 Å². The third kappa shape index (κ3) is 14.7. The molecule has 0 bridgehead atoms. The van der Waals surface area contributed by atoms with Gasteiger partial charge in [-0.3, -0.25) is 0 Å². The van der Waals surface area contributed by atoms with Gasteiger partial charge in [-0.25, -0.2) is 9.59 Å². The molecular formula is C36H54O6. The van der Waals surface area contributed by atoms with Gasteiger partial charge < -0.3 is 19.7 Å². The molecule has 0 aliphatic heterocycles. The largest absolute Gasteiger partial charge is 0.479 e. The highest BCUT2D eigenvalue weighted by molar-refractivity contribution is 5.73. The fourth-order valence-corrected chi connectivity index (χ4v) is 5.17. The molecule has 2 aromatic carbocycles. The summed E-state index contributed by atoms with van der Waals surface area (Å²) in [6, 6.07) is 14.8. The minimum absolute atomic E-state index is 0.504. The number of carboxylic acids is 2. The molecule has 42 heavy (non-hydrogen) atoms. The van der Waals surface area contributed by atoms with Crippen molar-refractivity contribution in [2.75, 3.05) is 0 Å². The summed E-state index contributed by atoms with van der Waals surface area (Å²) in [4.78, 5) is 23.5. The smallest absolute Gasteiger partial charge is 0.344 e. The van der Waals surface area contributed by atoms with Crippen LogP contribution in [-0.4, -0.2) is 34.4 Å². The Labute approximate surface area is 253 Å². The number of hydrogen-bond acceptors (Lipinski definition) is 4. The molecule has 0 fully saturated rings. The Bertz CT molecular complexity index is 903. The molecule has 0 aromatic heterocycles. The first-order valence-electron chi connectivity index (χ1n) is 16.4. The van der Waals surface area contributed by atoms with Crippen LogP contribution in [0.25, 0.3) is 11.1 Å². The molecule has 6 heteroatoms. The van der Waals surface area contributed by atoms with E-state index in [4.69, 9.17) is 9.47 Å². The van der Waals surface area contributed by atoms with Crippen LogP contribution in [0.5, 0.6) is 11.5 Å². The Morgan fingerprint density at radius 2 is 0.786 bits per heavy atom. The van der Waals surface area contributed by atoms with Crippen molar-refractivity contribution in [3.05, 3.63) is 48.5 Å². The van der Waals surface area contributed by atoms with Gasteiger partial charge in [0.15, 0.2) is 12.2 Å². The third-order valence-corrected chi connectivity index (χ3v) is 7.79. The van der Waals surface area contributed by atoms with Gasteiger partial charge in [0.1, 0.15) is 11.5 Å². The van der Waals surface area contributed by atoms with Crippen molar-refractivity contribution in [2.45, 2.75) is 142 Å². The lowest BCUT2D eigenvalue weighted by atomic mass is 10.0. The van der Waals surface area contributed by atoms with Crippen LogP contribution in [0, 0.1) is 0 Å². The minimum atomic E-state index is -0.931. The topological polar surface area (TPSA) is 93.1 Å². The zero-order valence-corrected chi connectivity index (χ0v) is 26.0. The van der Waals surface area contributed by atoms with Crippen LogP contribution in [0.3, 0.4) is 0 Å². The van der Waals surface area contributed by atoms with Crippen LogP contribution in [0.15, 0.2) is 48.5 Å². The second-order valence-electron chi connectivity index (χ2n) is 11.5.